The van der Waals surface area contributed by atoms with Gasteiger partial charge in [0.05, 0.1) is 4.90 Å². The van der Waals surface area contributed by atoms with Gasteiger partial charge in [0.25, 0.3) is 0 Å². The Kier molecular flexibility index (Phi) is 5.69. The van der Waals surface area contributed by atoms with Crippen LogP contribution in [0.5, 0.6) is 0 Å². The lowest BCUT2D eigenvalue weighted by Crippen LogP contribution is -2.43. The number of hydrogen-bond donors (Lipinski definition) is 1. The van der Waals surface area contributed by atoms with Crippen LogP contribution >= 0.6 is 0 Å². The maximum absolute atomic E-state index is 13.3. The number of piperidine rings is 1. The molecule has 0 bridgehead atoms. The Morgan fingerprint density at radius 1 is 1.26 bits per heavy atom. The quantitative estimate of drug-likeness (QED) is 0.885. The number of nitrogens with zero attached hydrogens (tertiary/aromatic N) is 1. The van der Waals surface area contributed by atoms with Gasteiger partial charge in [-0.05, 0) is 37.5 Å². The molecule has 5 nitrogen and oxygen atoms in total. The number of carbonyl (C=O) groups excluding carboxylic acids is 1. The summed E-state index contributed by atoms with van der Waals surface area (Å²) in [6, 6.07) is 2.53. The molecule has 1 N–H and O–H groups in total. The lowest BCUT2D eigenvalue weighted by molar-refractivity contribution is -0.126. The molecule has 23 heavy (non-hydrogen) atoms. The SMILES string of the molecule is CCCNC(=O)C1CCN(S(=O)(=O)c2ccc(F)c(F)c2)CC1. The third-order valence-electron chi connectivity index (χ3n) is 3.90. The minimum absolute atomic E-state index is 0.0586. The van der Waals surface area contributed by atoms with E-state index in [2.05, 4.69) is 5.32 Å². The zero-order valence-electron chi connectivity index (χ0n) is 12.9. The van der Waals surface area contributed by atoms with Crippen LogP contribution in [-0.4, -0.2) is 38.3 Å². The topological polar surface area (TPSA) is 66.5 Å². The third-order valence-corrected chi connectivity index (χ3v) is 5.80. The lowest BCUT2D eigenvalue weighted by atomic mass is 9.97. The number of benzene rings is 1. The van der Waals surface area contributed by atoms with Gasteiger partial charge in [0.15, 0.2) is 11.6 Å². The van der Waals surface area contributed by atoms with Crippen molar-refractivity contribution in [1.29, 1.82) is 0 Å². The second-order valence-electron chi connectivity index (χ2n) is 5.55. The fourth-order valence-electron chi connectivity index (χ4n) is 2.54. The Morgan fingerprint density at radius 2 is 1.91 bits per heavy atom. The normalized spacial score (nSPS) is 17.2. The van der Waals surface area contributed by atoms with Crippen molar-refractivity contribution in [3.8, 4) is 0 Å². The van der Waals surface area contributed by atoms with Crippen LogP contribution in [0.1, 0.15) is 26.2 Å². The number of sulfonamides is 1. The van der Waals surface area contributed by atoms with E-state index in [0.717, 1.165) is 18.6 Å². The smallest absolute Gasteiger partial charge is 0.243 e. The molecule has 2 rings (SSSR count). The maximum atomic E-state index is 13.3. The molecule has 1 aliphatic rings. The molecule has 1 fully saturated rings. The summed E-state index contributed by atoms with van der Waals surface area (Å²) in [6.07, 6.45) is 1.67. The summed E-state index contributed by atoms with van der Waals surface area (Å²) in [5.41, 5.74) is 0. The molecular formula is C15H20F2N2O3S. The van der Waals surface area contributed by atoms with E-state index in [1.165, 1.54) is 4.31 Å². The van der Waals surface area contributed by atoms with Gasteiger partial charge in [0, 0.05) is 25.6 Å². The summed E-state index contributed by atoms with van der Waals surface area (Å²) < 4.78 is 52.3. The first-order valence-electron chi connectivity index (χ1n) is 7.59. The fourth-order valence-corrected chi connectivity index (χ4v) is 4.02. The van der Waals surface area contributed by atoms with Crippen LogP contribution in [0.25, 0.3) is 0 Å². The first-order valence-corrected chi connectivity index (χ1v) is 9.03. The van der Waals surface area contributed by atoms with Crippen LogP contribution in [0.15, 0.2) is 23.1 Å². The van der Waals surface area contributed by atoms with Crippen LogP contribution in [0.3, 0.4) is 0 Å². The largest absolute Gasteiger partial charge is 0.356 e. The monoisotopic (exact) mass is 346 g/mol. The van der Waals surface area contributed by atoms with Crippen molar-refractivity contribution >= 4 is 15.9 Å². The van der Waals surface area contributed by atoms with Crippen LogP contribution in [0.4, 0.5) is 8.78 Å². The van der Waals surface area contributed by atoms with Crippen molar-refractivity contribution in [3.63, 3.8) is 0 Å². The molecule has 1 amide bonds. The Labute approximate surface area is 134 Å². The number of halogens is 2. The molecule has 128 valence electrons. The van der Waals surface area contributed by atoms with Gasteiger partial charge in [0.2, 0.25) is 15.9 Å². The van der Waals surface area contributed by atoms with E-state index in [1.54, 1.807) is 0 Å². The molecule has 0 saturated carbocycles. The molecule has 0 radical (unpaired) electrons. The summed E-state index contributed by atoms with van der Waals surface area (Å²) >= 11 is 0. The first kappa shape index (κ1) is 17.8. The Hall–Kier alpha value is -1.54. The van der Waals surface area contributed by atoms with Crippen molar-refractivity contribution in [3.05, 3.63) is 29.8 Å². The van der Waals surface area contributed by atoms with Gasteiger partial charge in [-0.15, -0.1) is 0 Å². The third kappa shape index (κ3) is 4.06. The standard InChI is InChI=1S/C15H20F2N2O3S/c1-2-7-18-15(20)11-5-8-19(9-6-11)23(21,22)12-3-4-13(16)14(17)10-12/h3-4,10-11H,2,5-9H2,1H3,(H,18,20). The Morgan fingerprint density at radius 3 is 2.48 bits per heavy atom. The van der Waals surface area contributed by atoms with Crippen LogP contribution in [-0.2, 0) is 14.8 Å². The zero-order valence-corrected chi connectivity index (χ0v) is 13.7. The van der Waals surface area contributed by atoms with E-state index in [9.17, 15) is 22.0 Å². The van der Waals surface area contributed by atoms with Gasteiger partial charge < -0.3 is 5.32 Å². The van der Waals surface area contributed by atoms with Crippen molar-refractivity contribution in [2.45, 2.75) is 31.1 Å². The minimum atomic E-state index is -3.87. The highest BCUT2D eigenvalue weighted by molar-refractivity contribution is 7.89. The van der Waals surface area contributed by atoms with Gasteiger partial charge >= 0.3 is 0 Å². The summed E-state index contributed by atoms with van der Waals surface area (Å²) in [7, 11) is -3.87. The van der Waals surface area contributed by atoms with Crippen LogP contribution in [0.2, 0.25) is 0 Å². The summed E-state index contributed by atoms with van der Waals surface area (Å²) in [5, 5.41) is 2.80. The number of hydrogen-bond acceptors (Lipinski definition) is 3. The average Bonchev–Trinajstić information content (AvgIpc) is 2.55. The van der Waals surface area contributed by atoms with Crippen LogP contribution < -0.4 is 5.32 Å². The molecule has 1 saturated heterocycles. The maximum Gasteiger partial charge on any atom is 0.243 e. The summed E-state index contributed by atoms with van der Waals surface area (Å²) in [6.45, 7) is 2.93. The molecule has 0 unspecified atom stereocenters. The van der Waals surface area contributed by atoms with Gasteiger partial charge in [-0.1, -0.05) is 6.92 Å². The highest BCUT2D eigenvalue weighted by Gasteiger charge is 2.32. The van der Waals surface area contributed by atoms with Crippen molar-refractivity contribution in [2.24, 2.45) is 5.92 Å². The Bertz CT molecular complexity index is 671. The summed E-state index contributed by atoms with van der Waals surface area (Å²) in [5.74, 6) is -2.55. The van der Waals surface area contributed by atoms with E-state index in [4.69, 9.17) is 0 Å². The van der Waals surface area contributed by atoms with Gasteiger partial charge in [-0.3, -0.25) is 4.79 Å². The van der Waals surface area contributed by atoms with E-state index in [0.29, 0.717) is 25.5 Å². The van der Waals surface area contributed by atoms with E-state index < -0.39 is 21.7 Å². The molecule has 8 heteroatoms. The predicted molar refractivity (Wildman–Crippen MR) is 81.1 cm³/mol. The molecular weight excluding hydrogens is 326 g/mol. The highest BCUT2D eigenvalue weighted by atomic mass is 32.2. The molecule has 1 aromatic carbocycles. The number of nitrogens with one attached hydrogen (secondary N) is 1. The molecule has 0 spiro atoms. The van der Waals surface area contributed by atoms with Gasteiger partial charge in [0.1, 0.15) is 0 Å². The number of amides is 1. The lowest BCUT2D eigenvalue weighted by Gasteiger charge is -2.30. The van der Waals surface area contributed by atoms with E-state index >= 15 is 0 Å². The second kappa shape index (κ2) is 7.35. The minimum Gasteiger partial charge on any atom is -0.356 e. The predicted octanol–water partition coefficient (Wildman–Crippen LogP) is 1.89. The Balaban J connectivity index is 2.03. The molecule has 0 atom stereocenters. The number of rotatable bonds is 5. The molecule has 0 aromatic heterocycles. The van der Waals surface area contributed by atoms with E-state index in [-0.39, 0.29) is 29.8 Å². The van der Waals surface area contributed by atoms with Crippen molar-refractivity contribution in [1.82, 2.24) is 9.62 Å². The average molecular weight is 346 g/mol. The van der Waals surface area contributed by atoms with Gasteiger partial charge in [-0.2, -0.15) is 4.31 Å². The molecule has 1 heterocycles. The fraction of sp³-hybridized carbons (Fsp3) is 0.533. The highest BCUT2D eigenvalue weighted by Crippen LogP contribution is 2.24. The van der Waals surface area contributed by atoms with Crippen molar-refractivity contribution in [2.75, 3.05) is 19.6 Å². The molecule has 0 aliphatic carbocycles. The van der Waals surface area contributed by atoms with Crippen LogP contribution in [0, 0.1) is 17.6 Å². The molecule has 1 aromatic rings. The zero-order chi connectivity index (χ0) is 17.0. The van der Waals surface area contributed by atoms with E-state index in [1.807, 2.05) is 6.92 Å². The van der Waals surface area contributed by atoms with Crippen molar-refractivity contribution < 1.29 is 22.0 Å². The second-order valence-corrected chi connectivity index (χ2v) is 7.48. The first-order chi connectivity index (χ1) is 10.9. The number of carbonyl (C=O) groups is 1. The molecule has 1 aliphatic heterocycles. The summed E-state index contributed by atoms with van der Waals surface area (Å²) in [4.78, 5) is 11.6. The van der Waals surface area contributed by atoms with Gasteiger partial charge in [-0.25, -0.2) is 17.2 Å².